The number of amides is 2. The summed E-state index contributed by atoms with van der Waals surface area (Å²) in [6.07, 6.45) is 3.26. The van der Waals surface area contributed by atoms with E-state index in [2.05, 4.69) is 5.32 Å². The van der Waals surface area contributed by atoms with Gasteiger partial charge in [-0.2, -0.15) is 0 Å². The van der Waals surface area contributed by atoms with Crippen LogP contribution < -0.4 is 10.2 Å². The topological polar surface area (TPSA) is 80.6 Å². The molecule has 8 heteroatoms. The van der Waals surface area contributed by atoms with Gasteiger partial charge < -0.3 is 9.30 Å². The summed E-state index contributed by atoms with van der Waals surface area (Å²) >= 11 is 5.29. The zero-order valence-corrected chi connectivity index (χ0v) is 18.7. The number of ether oxygens (including phenoxy) is 1. The van der Waals surface area contributed by atoms with E-state index < -0.39 is 17.8 Å². The van der Waals surface area contributed by atoms with Gasteiger partial charge in [-0.15, -0.1) is 0 Å². The number of hydrogen-bond acceptors (Lipinski definition) is 5. The summed E-state index contributed by atoms with van der Waals surface area (Å²) < 4.78 is 6.50. The molecule has 0 spiro atoms. The highest BCUT2D eigenvalue weighted by atomic mass is 32.1. The summed E-state index contributed by atoms with van der Waals surface area (Å²) in [7, 11) is 1.33. The molecule has 32 heavy (non-hydrogen) atoms. The number of carbonyl (C=O) groups is 3. The smallest absolute Gasteiger partial charge is 0.325 e. The Labute approximate surface area is 190 Å². The quantitative estimate of drug-likeness (QED) is 0.287. The summed E-state index contributed by atoms with van der Waals surface area (Å²) in [5.74, 6) is -1.47. The Morgan fingerprint density at radius 2 is 1.88 bits per heavy atom. The summed E-state index contributed by atoms with van der Waals surface area (Å²) in [6, 6.07) is 13.0. The van der Waals surface area contributed by atoms with E-state index in [0.29, 0.717) is 11.3 Å². The van der Waals surface area contributed by atoms with E-state index in [0.717, 1.165) is 22.0 Å². The first-order chi connectivity index (χ1) is 15.3. The molecule has 1 fully saturated rings. The van der Waals surface area contributed by atoms with Crippen molar-refractivity contribution in [3.63, 3.8) is 0 Å². The number of nitrogens with one attached hydrogen (secondary N) is 1. The second-order valence-electron chi connectivity index (χ2n) is 7.53. The zero-order valence-electron chi connectivity index (χ0n) is 17.8. The molecule has 0 saturated carbocycles. The summed E-state index contributed by atoms with van der Waals surface area (Å²) in [4.78, 5) is 39.2. The first-order valence-electron chi connectivity index (χ1n) is 9.93. The zero-order chi connectivity index (χ0) is 23.0. The van der Waals surface area contributed by atoms with Crippen molar-refractivity contribution in [2.24, 2.45) is 0 Å². The van der Waals surface area contributed by atoms with Crippen molar-refractivity contribution in [1.29, 1.82) is 0 Å². The van der Waals surface area contributed by atoms with Crippen LogP contribution in [0.15, 0.2) is 54.2 Å². The molecule has 0 aliphatic carbocycles. The molecule has 1 aromatic heterocycles. The van der Waals surface area contributed by atoms with Gasteiger partial charge in [-0.3, -0.25) is 24.6 Å². The van der Waals surface area contributed by atoms with Crippen LogP contribution in [0, 0.1) is 13.8 Å². The number of methoxy groups -OCH3 is 1. The van der Waals surface area contributed by atoms with E-state index in [9.17, 15) is 14.4 Å². The van der Waals surface area contributed by atoms with Crippen LogP contribution in [0.4, 0.5) is 5.69 Å². The largest absolute Gasteiger partial charge is 0.468 e. The number of carbonyl (C=O) groups excluding carboxylic acids is 3. The second kappa shape index (κ2) is 8.39. The lowest BCUT2D eigenvalue weighted by molar-refractivity contribution is -0.141. The van der Waals surface area contributed by atoms with Gasteiger partial charge in [-0.25, -0.2) is 0 Å². The van der Waals surface area contributed by atoms with Gasteiger partial charge in [-0.1, -0.05) is 24.3 Å². The molecule has 162 valence electrons. The molecule has 2 heterocycles. The average molecular weight is 448 g/mol. The SMILES string of the molecule is COC(=O)Cn1cc(C=C2C(=O)NC(=S)N(c3ccc(C)c(C)c3)C2=O)c2ccccc21. The maximum absolute atomic E-state index is 13.3. The highest BCUT2D eigenvalue weighted by molar-refractivity contribution is 7.80. The van der Waals surface area contributed by atoms with Crippen molar-refractivity contribution in [2.75, 3.05) is 12.0 Å². The molecule has 2 amide bonds. The predicted octanol–water partition coefficient (Wildman–Crippen LogP) is 3.26. The monoisotopic (exact) mass is 447 g/mol. The van der Waals surface area contributed by atoms with Crippen molar-refractivity contribution >= 4 is 57.8 Å². The third kappa shape index (κ3) is 3.80. The van der Waals surface area contributed by atoms with Gasteiger partial charge in [0, 0.05) is 22.7 Å². The van der Waals surface area contributed by atoms with Crippen LogP contribution in [-0.4, -0.2) is 34.6 Å². The maximum Gasteiger partial charge on any atom is 0.325 e. The lowest BCUT2D eigenvalue weighted by Crippen LogP contribution is -2.54. The van der Waals surface area contributed by atoms with Crippen molar-refractivity contribution < 1.29 is 19.1 Å². The minimum atomic E-state index is -0.565. The first kappa shape index (κ1) is 21.5. The van der Waals surface area contributed by atoms with Gasteiger partial charge in [-0.05, 0) is 61.5 Å². The molecule has 0 radical (unpaired) electrons. The number of hydrogen-bond donors (Lipinski definition) is 1. The highest BCUT2D eigenvalue weighted by Gasteiger charge is 2.34. The predicted molar refractivity (Wildman–Crippen MR) is 126 cm³/mol. The van der Waals surface area contributed by atoms with Crippen LogP contribution in [0.25, 0.3) is 17.0 Å². The third-order valence-corrected chi connectivity index (χ3v) is 5.78. The second-order valence-corrected chi connectivity index (χ2v) is 7.92. The standard InChI is InChI=1S/C24H21N3O4S/c1-14-8-9-17(10-15(14)2)27-23(30)19(22(29)25-24(27)32)11-16-12-26(13-21(28)31-3)20-7-5-4-6-18(16)20/h4-12H,13H2,1-3H3,(H,25,29,32). The first-order valence-corrected chi connectivity index (χ1v) is 10.3. The number of thiocarbonyl (C=S) groups is 1. The normalized spacial score (nSPS) is 15.4. The molecule has 1 N–H and O–H groups in total. The van der Waals surface area contributed by atoms with E-state index in [-0.39, 0.29) is 17.2 Å². The fourth-order valence-electron chi connectivity index (χ4n) is 3.64. The van der Waals surface area contributed by atoms with E-state index in [1.807, 2.05) is 50.2 Å². The van der Waals surface area contributed by atoms with Crippen LogP contribution in [0.1, 0.15) is 16.7 Å². The van der Waals surface area contributed by atoms with Crippen molar-refractivity contribution in [2.45, 2.75) is 20.4 Å². The number of esters is 1. The Bertz CT molecular complexity index is 1320. The lowest BCUT2D eigenvalue weighted by Gasteiger charge is -2.29. The molecule has 1 saturated heterocycles. The van der Waals surface area contributed by atoms with Crippen LogP contribution in [0.3, 0.4) is 0 Å². The number of aryl methyl sites for hydroxylation is 2. The molecule has 2 aromatic carbocycles. The number of nitrogens with zero attached hydrogens (tertiary/aromatic N) is 2. The molecule has 1 aliphatic heterocycles. The van der Waals surface area contributed by atoms with E-state index in [1.54, 1.807) is 16.8 Å². The Morgan fingerprint density at radius 3 is 2.59 bits per heavy atom. The number of fused-ring (bicyclic) bond motifs is 1. The average Bonchev–Trinajstić information content (AvgIpc) is 3.10. The summed E-state index contributed by atoms with van der Waals surface area (Å²) in [5.41, 5.74) is 4.06. The Kier molecular flexibility index (Phi) is 5.63. The van der Waals surface area contributed by atoms with Crippen LogP contribution >= 0.6 is 12.2 Å². The maximum atomic E-state index is 13.3. The molecule has 4 rings (SSSR count). The van der Waals surface area contributed by atoms with Crippen LogP contribution in [0.2, 0.25) is 0 Å². The molecule has 0 bridgehead atoms. The van der Waals surface area contributed by atoms with Gasteiger partial charge in [0.1, 0.15) is 12.1 Å². The van der Waals surface area contributed by atoms with Gasteiger partial charge in [0.25, 0.3) is 11.8 Å². The molecule has 0 atom stereocenters. The highest BCUT2D eigenvalue weighted by Crippen LogP contribution is 2.27. The number of benzene rings is 2. The summed E-state index contributed by atoms with van der Waals surface area (Å²) in [5, 5.41) is 3.44. The minimum Gasteiger partial charge on any atom is -0.468 e. The van der Waals surface area contributed by atoms with Crippen molar-refractivity contribution in [1.82, 2.24) is 9.88 Å². The Balaban J connectivity index is 1.79. The fraction of sp³-hybridized carbons (Fsp3) is 0.167. The van der Waals surface area contributed by atoms with Gasteiger partial charge in [0.15, 0.2) is 5.11 Å². The van der Waals surface area contributed by atoms with Gasteiger partial charge in [0.2, 0.25) is 0 Å². The molecule has 7 nitrogen and oxygen atoms in total. The number of aromatic nitrogens is 1. The number of para-hydroxylation sites is 1. The minimum absolute atomic E-state index is 0.0131. The molecular weight excluding hydrogens is 426 g/mol. The summed E-state index contributed by atoms with van der Waals surface area (Å²) in [6.45, 7) is 3.94. The lowest BCUT2D eigenvalue weighted by atomic mass is 10.0. The number of anilines is 1. The van der Waals surface area contributed by atoms with Crippen molar-refractivity contribution in [3.05, 3.63) is 70.9 Å². The Morgan fingerprint density at radius 1 is 1.12 bits per heavy atom. The van der Waals surface area contributed by atoms with E-state index in [1.165, 1.54) is 18.1 Å². The number of rotatable bonds is 4. The molecule has 3 aromatic rings. The third-order valence-electron chi connectivity index (χ3n) is 5.50. The van der Waals surface area contributed by atoms with E-state index >= 15 is 0 Å². The fourth-order valence-corrected chi connectivity index (χ4v) is 3.92. The van der Waals surface area contributed by atoms with Crippen molar-refractivity contribution in [3.8, 4) is 0 Å². The molecular formula is C24H21N3O4S. The van der Waals surface area contributed by atoms with E-state index in [4.69, 9.17) is 17.0 Å². The molecule has 1 aliphatic rings. The van der Waals surface area contributed by atoms with Crippen LogP contribution in [-0.2, 0) is 25.7 Å². The van der Waals surface area contributed by atoms with Gasteiger partial charge >= 0.3 is 5.97 Å². The van der Waals surface area contributed by atoms with Crippen LogP contribution in [0.5, 0.6) is 0 Å². The molecule has 0 unspecified atom stereocenters. The Hall–Kier alpha value is -3.78. The van der Waals surface area contributed by atoms with Gasteiger partial charge in [0.05, 0.1) is 12.8 Å².